The first kappa shape index (κ1) is 123. The molecule has 12 nitrogen and oxygen atoms in total. The van der Waals surface area contributed by atoms with Crippen LogP contribution in [0.5, 0.6) is 11.5 Å². The first-order valence-corrected chi connectivity index (χ1v) is 56.9. The summed E-state index contributed by atoms with van der Waals surface area (Å²) in [7, 11) is -15.7. The summed E-state index contributed by atoms with van der Waals surface area (Å²) >= 11 is 0. The van der Waals surface area contributed by atoms with Gasteiger partial charge >= 0.3 is 531 Å². The monoisotopic (exact) mass is 1980 g/mol. The van der Waals surface area contributed by atoms with Crippen molar-refractivity contribution in [1.82, 2.24) is 0 Å². The van der Waals surface area contributed by atoms with Gasteiger partial charge in [-0.05, 0) is 101 Å². The summed E-state index contributed by atoms with van der Waals surface area (Å²) in [6, 6.07) is 37.8. The van der Waals surface area contributed by atoms with Crippen LogP contribution in [-0.4, -0.2) is 45.8 Å². The Labute approximate surface area is 845 Å². The van der Waals surface area contributed by atoms with Crippen molar-refractivity contribution in [3.63, 3.8) is 0 Å². The van der Waals surface area contributed by atoms with Crippen molar-refractivity contribution in [1.29, 1.82) is 0 Å². The molecule has 0 saturated carbocycles. The molecular formula is C122H196O12P4. The molecule has 8 rings (SSSR count). The number of aryl methyl sites for hydroxylation is 4. The molecule has 8 aromatic rings. The van der Waals surface area contributed by atoms with Crippen LogP contribution in [0.15, 0.2) is 109 Å². The molecule has 8 aromatic carbocycles. The molecule has 776 valence electrons. The predicted octanol–water partition coefficient (Wildman–Crippen LogP) is 32.1. The van der Waals surface area contributed by atoms with E-state index in [0.29, 0.717) is 27.8 Å². The van der Waals surface area contributed by atoms with Gasteiger partial charge in [0.25, 0.3) is 0 Å². The Morgan fingerprint density at radius 2 is 0.507 bits per heavy atom. The second kappa shape index (κ2) is 41.2. The summed E-state index contributed by atoms with van der Waals surface area (Å²) in [5.41, 5.74) is 19.6. The molecule has 0 atom stereocenters. The number of hydrogen-bond donors (Lipinski definition) is 8. The Bertz CT molecular complexity index is 5410. The van der Waals surface area contributed by atoms with Crippen LogP contribution in [0, 0.1) is 34.6 Å². The average Bonchev–Trinajstić information content (AvgIpc) is 0.687. The van der Waals surface area contributed by atoms with Crippen LogP contribution in [0.25, 0.3) is 0 Å². The third-order valence-corrected chi connectivity index (χ3v) is 33.2. The number of hydrogen-bond acceptors (Lipinski definition) is 12. The van der Waals surface area contributed by atoms with Crippen molar-refractivity contribution in [2.75, 3.05) is 6.61 Å². The molecule has 0 saturated heterocycles. The first-order chi connectivity index (χ1) is 61.1. The Kier molecular flexibility index (Phi) is 36.7. The van der Waals surface area contributed by atoms with E-state index in [0.717, 1.165) is 140 Å². The minimum absolute atomic E-state index is 0.0339. The zero-order valence-corrected chi connectivity index (χ0v) is 101. The molecule has 0 radical (unpaired) electrons. The molecule has 138 heavy (non-hydrogen) atoms. The van der Waals surface area contributed by atoms with E-state index >= 15 is 0 Å². The summed E-state index contributed by atoms with van der Waals surface area (Å²) < 4.78 is 24.5. The molecule has 0 amide bonds. The minimum Gasteiger partial charge on any atom is -0.328 e. The maximum atomic E-state index is 13.1. The van der Waals surface area contributed by atoms with E-state index in [1.54, 1.807) is 0 Å². The largest absolute Gasteiger partial charge is 0.328 e. The molecule has 0 bridgehead atoms. The van der Waals surface area contributed by atoms with Crippen molar-refractivity contribution in [3.05, 3.63) is 243 Å². The topological polar surface area (TPSA) is 199 Å². The zero-order chi connectivity index (χ0) is 108. The van der Waals surface area contributed by atoms with Crippen molar-refractivity contribution in [2.24, 2.45) is 0 Å². The van der Waals surface area contributed by atoms with Gasteiger partial charge in [0.1, 0.15) is 17.6 Å². The van der Waals surface area contributed by atoms with Gasteiger partial charge < -0.3 is 18.8 Å². The molecule has 0 aliphatic carbocycles. The van der Waals surface area contributed by atoms with Crippen LogP contribution >= 0.6 is 31.8 Å². The van der Waals surface area contributed by atoms with Crippen LogP contribution in [0.3, 0.4) is 0 Å². The third kappa shape index (κ3) is 28.9. The fourth-order valence-corrected chi connectivity index (χ4v) is 28.2. The van der Waals surface area contributed by atoms with Crippen molar-refractivity contribution in [3.8, 4) is 11.5 Å². The molecular weight excluding hydrogens is 1780 g/mol. The quantitative estimate of drug-likeness (QED) is 0.0453. The second-order valence-electron chi connectivity index (χ2n) is 56.2. The maximum Gasteiger partial charge on any atom is 0.327 e. The van der Waals surface area contributed by atoms with Gasteiger partial charge in [-0.3, -0.25) is 9.05 Å². The summed E-state index contributed by atoms with van der Waals surface area (Å²) in [5, 5.41) is 1.28. The van der Waals surface area contributed by atoms with Gasteiger partial charge in [0, 0.05) is 11.1 Å². The van der Waals surface area contributed by atoms with Crippen LogP contribution < -0.4 is 30.3 Å². The van der Waals surface area contributed by atoms with Crippen LogP contribution in [-0.2, 0) is 102 Å². The van der Waals surface area contributed by atoms with Gasteiger partial charge in [-0.2, -0.15) is 0 Å². The molecule has 0 aromatic heterocycles. The molecule has 0 aliphatic heterocycles. The fraction of sp³-hybridized carbons (Fsp3) is 0.607. The smallest absolute Gasteiger partial charge is 0.327 e. The van der Waals surface area contributed by atoms with Crippen molar-refractivity contribution in [2.45, 2.75) is 480 Å². The van der Waals surface area contributed by atoms with Gasteiger partial charge in [-0.25, -0.2) is 0 Å². The van der Waals surface area contributed by atoms with Gasteiger partial charge in [0.15, 0.2) is 0 Å². The summed E-state index contributed by atoms with van der Waals surface area (Å²) in [6.07, 6.45) is 0.196. The average molecular weight is 1980 g/mol. The Hall–Kier alpha value is -5.32. The van der Waals surface area contributed by atoms with E-state index < -0.39 is 81.2 Å². The number of benzene rings is 8. The minimum atomic E-state index is -5.81. The third-order valence-electron chi connectivity index (χ3n) is 26.5. The van der Waals surface area contributed by atoms with Gasteiger partial charge in [0.05, 0.1) is 6.61 Å². The van der Waals surface area contributed by atoms with Crippen LogP contribution in [0.4, 0.5) is 0 Å². The predicted molar refractivity (Wildman–Crippen MR) is 604 cm³/mol. The molecule has 0 unspecified atom stereocenters. The van der Waals surface area contributed by atoms with E-state index in [4.69, 9.17) is 18.1 Å². The zero-order valence-electron chi connectivity index (χ0n) is 97.4. The Balaban J connectivity index is 0.000000331. The Morgan fingerprint density at radius 3 is 0.739 bits per heavy atom. The van der Waals surface area contributed by atoms with Crippen molar-refractivity contribution >= 4 is 53.0 Å². The molecule has 0 fully saturated rings. The molecule has 0 aliphatic rings. The van der Waals surface area contributed by atoms with Gasteiger partial charge in [-0.1, -0.05) is 156 Å². The maximum absolute atomic E-state index is 13.1. The SMILES string of the molecule is CCOP(Oc1c(C)cccc1C(C)(C)C)Oc1c(C)cccc1C(C)(C)C.CCc1c(C(C)(C)C)cc(C(C)(C)C)c(P(O)(O)(O)c2c(C(C)(C)C)cc(C(C)(C)C)cc2C(C)(C)C)c1C(C)(C)C.Cc1c(C(C)(C)C)cc(C(C)(C)C)c(P(O)(O)(O)c2c(C(C)(C)C)cc(C(C)(C)C)cc2C(C)(C)C)c1C(C)(C)C.Cc1cccc(C(C)(C)C)c1C(OP(O)O)c1c(C)cccc1C(C)(C)C. The standard InChI is InChI=1S/C38H65O3P.C37H63O3P.C24H35O3P.C23H33O3P/c1-20-25-26(34(5,6)7)23-29(37(14,15)16)32(30(25)38(17,18)19)42(39,40,41)31-27(35(8,9)10)21-24(33(2,3)4)22-28(31)36(11,12)13;1-23-25(33(5,6)7)22-28(36(14,15)16)31(29(23)37(17,18)19)41(38,39,40)30-26(34(8,9)10)20-24(32(2,3)4)21-27(30)35(11,12)13;1-10-25-28(26-21-17(2)13-11-15-19(21)23(4,5)6)27-22-18(3)14-12-16-20(22)24(7,8)9;1-15-11-9-13-17(22(3,4)5)19(15)21(26-27(24)25)20-16(2)12-10-14-18(20)23(6,7)8/h21-23,39-41H,20H2,1-19H3;20-22,38-40H,1-19H3;11-16H,10H2,1-9H3;9-14,21,24-25H,1-8H3. The van der Waals surface area contributed by atoms with E-state index in [1.165, 1.54) is 11.1 Å². The number of para-hydroxylation sites is 2. The van der Waals surface area contributed by atoms with Gasteiger partial charge in [0.2, 0.25) is 0 Å². The second-order valence-corrected chi connectivity index (χ2v) is 63.7. The fourth-order valence-electron chi connectivity index (χ4n) is 19.3. The van der Waals surface area contributed by atoms with E-state index in [9.17, 15) is 39.1 Å². The van der Waals surface area contributed by atoms with Crippen LogP contribution in [0.1, 0.15) is 486 Å². The molecule has 8 N–H and O–H groups in total. The normalized spacial score (nSPS) is 14.4. The van der Waals surface area contributed by atoms with Crippen molar-refractivity contribution < 1.29 is 57.2 Å². The van der Waals surface area contributed by atoms with E-state index in [-0.39, 0.29) is 43.3 Å². The summed E-state index contributed by atoms with van der Waals surface area (Å²) in [6.45, 7) is 118. The first-order valence-electron chi connectivity index (χ1n) is 50.4. The Morgan fingerprint density at radius 1 is 0.268 bits per heavy atom. The number of rotatable bonds is 15. The van der Waals surface area contributed by atoms with Gasteiger partial charge in [-0.15, -0.1) is 0 Å². The van der Waals surface area contributed by atoms with E-state index in [1.807, 2.05) is 6.92 Å². The molecule has 0 heterocycles. The van der Waals surface area contributed by atoms with Crippen LogP contribution in [0.2, 0.25) is 0 Å². The summed E-state index contributed by atoms with van der Waals surface area (Å²) in [5.74, 6) is 1.72. The molecule has 0 spiro atoms. The molecule has 16 heteroatoms. The summed E-state index contributed by atoms with van der Waals surface area (Å²) in [4.78, 5) is 98.2. The van der Waals surface area contributed by atoms with E-state index in [2.05, 4.69) is 483 Å².